The van der Waals surface area contributed by atoms with Crippen LogP contribution in [-0.2, 0) is 0 Å². The Morgan fingerprint density at radius 2 is 2.29 bits per heavy atom. The molecule has 1 aliphatic rings. The number of nitrogens with two attached hydrogens (primary N) is 1. The van der Waals surface area contributed by atoms with Crippen LogP contribution in [0, 0.1) is 11.8 Å². The fraction of sp³-hybridized carbons (Fsp3) is 0.545. The lowest BCUT2D eigenvalue weighted by atomic mass is 10.3. The van der Waals surface area contributed by atoms with Gasteiger partial charge in [0.05, 0.1) is 0 Å². The maximum atomic E-state index is 5.63. The first-order chi connectivity index (χ1) is 6.66. The van der Waals surface area contributed by atoms with E-state index in [9.17, 15) is 0 Å². The van der Waals surface area contributed by atoms with Crippen molar-refractivity contribution in [2.45, 2.75) is 13.3 Å². The number of nitrogen functional groups attached to an aromatic ring is 1. The van der Waals surface area contributed by atoms with Crippen LogP contribution >= 0.6 is 0 Å². The van der Waals surface area contributed by atoms with Crippen LogP contribution in [0.2, 0.25) is 0 Å². The molecule has 1 aliphatic carbocycles. The molecule has 0 aliphatic heterocycles. The molecule has 1 saturated carbocycles. The molecule has 1 aromatic heterocycles. The molecule has 1 aromatic rings. The second-order valence-electron chi connectivity index (χ2n) is 4.27. The molecule has 2 unspecified atom stereocenters. The highest BCUT2D eigenvalue weighted by molar-refractivity contribution is 5.44. The van der Waals surface area contributed by atoms with Gasteiger partial charge in [0.25, 0.3) is 0 Å². The minimum atomic E-state index is 0.596. The molecule has 0 radical (unpaired) electrons. The number of anilines is 2. The van der Waals surface area contributed by atoms with Crippen molar-refractivity contribution >= 4 is 11.6 Å². The number of aromatic nitrogens is 1. The Labute approximate surface area is 84.9 Å². The molecule has 2 atom stereocenters. The lowest BCUT2D eigenvalue weighted by Gasteiger charge is -2.18. The van der Waals surface area contributed by atoms with E-state index in [2.05, 4.69) is 23.9 Å². The van der Waals surface area contributed by atoms with Gasteiger partial charge in [0.15, 0.2) is 0 Å². The Kier molecular flexibility index (Phi) is 2.32. The van der Waals surface area contributed by atoms with Gasteiger partial charge in [0.2, 0.25) is 0 Å². The van der Waals surface area contributed by atoms with Gasteiger partial charge in [-0.25, -0.2) is 4.98 Å². The third kappa shape index (κ3) is 1.97. The van der Waals surface area contributed by atoms with Crippen LogP contribution in [0.3, 0.4) is 0 Å². The number of rotatable bonds is 3. The van der Waals surface area contributed by atoms with Crippen molar-refractivity contribution in [3.8, 4) is 0 Å². The molecule has 3 nitrogen and oxygen atoms in total. The van der Waals surface area contributed by atoms with Crippen molar-refractivity contribution in [2.75, 3.05) is 24.2 Å². The number of hydrogen-bond acceptors (Lipinski definition) is 3. The molecule has 76 valence electrons. The molecule has 0 spiro atoms. The standard InChI is InChI=1S/C11H17N3/c1-8-6-9(8)7-14(2)11-5-3-4-10(12)13-11/h3-5,8-9H,6-7H2,1-2H3,(H2,12,13). The molecule has 2 N–H and O–H groups in total. The van der Waals surface area contributed by atoms with Crippen LogP contribution in [0.5, 0.6) is 0 Å². The zero-order chi connectivity index (χ0) is 10.1. The van der Waals surface area contributed by atoms with Crippen LogP contribution in [0.25, 0.3) is 0 Å². The molecular formula is C11H17N3. The molecule has 0 amide bonds. The van der Waals surface area contributed by atoms with Crippen molar-refractivity contribution < 1.29 is 0 Å². The fourth-order valence-electron chi connectivity index (χ4n) is 1.75. The Morgan fingerprint density at radius 1 is 1.57 bits per heavy atom. The van der Waals surface area contributed by atoms with Crippen molar-refractivity contribution in [2.24, 2.45) is 11.8 Å². The van der Waals surface area contributed by atoms with Crippen molar-refractivity contribution in [3.05, 3.63) is 18.2 Å². The van der Waals surface area contributed by atoms with Crippen molar-refractivity contribution in [1.29, 1.82) is 0 Å². The highest BCUT2D eigenvalue weighted by Gasteiger charge is 2.33. The topological polar surface area (TPSA) is 42.1 Å². The Morgan fingerprint density at radius 3 is 2.86 bits per heavy atom. The summed E-state index contributed by atoms with van der Waals surface area (Å²) >= 11 is 0. The van der Waals surface area contributed by atoms with Gasteiger partial charge in [0, 0.05) is 13.6 Å². The summed E-state index contributed by atoms with van der Waals surface area (Å²) in [6.07, 6.45) is 1.35. The molecule has 0 bridgehead atoms. The Hall–Kier alpha value is -1.25. The monoisotopic (exact) mass is 191 g/mol. The lowest BCUT2D eigenvalue weighted by Crippen LogP contribution is -2.21. The summed E-state index contributed by atoms with van der Waals surface area (Å²) in [6, 6.07) is 5.77. The van der Waals surface area contributed by atoms with Gasteiger partial charge in [-0.3, -0.25) is 0 Å². The summed E-state index contributed by atoms with van der Waals surface area (Å²) in [7, 11) is 2.08. The number of pyridine rings is 1. The predicted molar refractivity (Wildman–Crippen MR) is 59.2 cm³/mol. The average Bonchev–Trinajstić information content (AvgIpc) is 2.81. The second-order valence-corrected chi connectivity index (χ2v) is 4.27. The SMILES string of the molecule is CC1CC1CN(C)c1cccc(N)n1. The van der Waals surface area contributed by atoms with Gasteiger partial charge < -0.3 is 10.6 Å². The highest BCUT2D eigenvalue weighted by atomic mass is 15.2. The molecule has 0 saturated heterocycles. The van der Waals surface area contributed by atoms with Crippen LogP contribution in [0.1, 0.15) is 13.3 Å². The first-order valence-electron chi connectivity index (χ1n) is 5.10. The maximum Gasteiger partial charge on any atom is 0.130 e. The molecule has 1 heterocycles. The summed E-state index contributed by atoms with van der Waals surface area (Å²) in [5.41, 5.74) is 5.63. The van der Waals surface area contributed by atoms with Crippen molar-refractivity contribution in [1.82, 2.24) is 4.98 Å². The summed E-state index contributed by atoms with van der Waals surface area (Å²) in [4.78, 5) is 6.47. The van der Waals surface area contributed by atoms with Crippen LogP contribution in [0.4, 0.5) is 11.6 Å². The first-order valence-corrected chi connectivity index (χ1v) is 5.10. The normalized spacial score (nSPS) is 24.7. The van der Waals surface area contributed by atoms with E-state index in [4.69, 9.17) is 5.73 Å². The van der Waals surface area contributed by atoms with Gasteiger partial charge in [-0.1, -0.05) is 13.0 Å². The van der Waals surface area contributed by atoms with Crippen molar-refractivity contribution in [3.63, 3.8) is 0 Å². The lowest BCUT2D eigenvalue weighted by molar-refractivity contribution is 0.720. The molecule has 3 heteroatoms. The molecule has 14 heavy (non-hydrogen) atoms. The van der Waals surface area contributed by atoms with E-state index in [1.165, 1.54) is 6.42 Å². The smallest absolute Gasteiger partial charge is 0.130 e. The third-order valence-electron chi connectivity index (χ3n) is 2.93. The molecule has 1 fully saturated rings. The van der Waals surface area contributed by atoms with Gasteiger partial charge in [-0.05, 0) is 30.4 Å². The van der Waals surface area contributed by atoms with E-state index >= 15 is 0 Å². The zero-order valence-corrected chi connectivity index (χ0v) is 8.77. The summed E-state index contributed by atoms with van der Waals surface area (Å²) < 4.78 is 0. The third-order valence-corrected chi connectivity index (χ3v) is 2.93. The zero-order valence-electron chi connectivity index (χ0n) is 8.77. The first kappa shape index (κ1) is 9.31. The minimum absolute atomic E-state index is 0.596. The summed E-state index contributed by atoms with van der Waals surface area (Å²) in [5, 5.41) is 0. The van der Waals surface area contributed by atoms with Gasteiger partial charge in [0.1, 0.15) is 11.6 Å². The van der Waals surface area contributed by atoms with Crippen LogP contribution in [0.15, 0.2) is 18.2 Å². The van der Waals surface area contributed by atoms with Gasteiger partial charge in [-0.15, -0.1) is 0 Å². The molecule has 2 rings (SSSR count). The Bertz CT molecular complexity index is 324. The largest absolute Gasteiger partial charge is 0.384 e. The van der Waals surface area contributed by atoms with E-state index in [0.717, 1.165) is 24.2 Å². The van der Waals surface area contributed by atoms with E-state index in [0.29, 0.717) is 5.82 Å². The van der Waals surface area contributed by atoms with Gasteiger partial charge >= 0.3 is 0 Å². The number of nitrogens with zero attached hydrogens (tertiary/aromatic N) is 2. The fourth-order valence-corrected chi connectivity index (χ4v) is 1.75. The molecular weight excluding hydrogens is 174 g/mol. The quantitative estimate of drug-likeness (QED) is 0.791. The minimum Gasteiger partial charge on any atom is -0.384 e. The predicted octanol–water partition coefficient (Wildman–Crippen LogP) is 1.76. The molecule has 0 aromatic carbocycles. The second kappa shape index (κ2) is 3.48. The Balaban J connectivity index is 2.00. The summed E-state index contributed by atoms with van der Waals surface area (Å²) in [5.74, 6) is 3.31. The average molecular weight is 191 g/mol. The van der Waals surface area contributed by atoms with Crippen LogP contribution in [-0.4, -0.2) is 18.6 Å². The van der Waals surface area contributed by atoms with E-state index in [1.807, 2.05) is 18.2 Å². The van der Waals surface area contributed by atoms with Gasteiger partial charge in [-0.2, -0.15) is 0 Å². The van der Waals surface area contributed by atoms with Crippen LogP contribution < -0.4 is 10.6 Å². The highest BCUT2D eigenvalue weighted by Crippen LogP contribution is 2.38. The maximum absolute atomic E-state index is 5.63. The van der Waals surface area contributed by atoms with E-state index < -0.39 is 0 Å². The number of hydrogen-bond donors (Lipinski definition) is 1. The summed E-state index contributed by atoms with van der Waals surface area (Å²) in [6.45, 7) is 3.39. The van der Waals surface area contributed by atoms with E-state index in [1.54, 1.807) is 0 Å². The van der Waals surface area contributed by atoms with E-state index in [-0.39, 0.29) is 0 Å².